The minimum atomic E-state index is -3.88. The zero-order valence-corrected chi connectivity index (χ0v) is 14.7. The molecule has 0 aliphatic carbocycles. The molecule has 138 valence electrons. The standard InChI is InChI=1S/C15H16FN5O4S/c1-9-7-13(22)21-15(17-9)18-14(19-21)20-26(23,24)8-12(25-2)10-3-5-11(16)6-4-10/h3-7,12H,8H2,1-2H3,(H2,17,18,19,20)/t12-/m0/s1. The second-order valence-electron chi connectivity index (χ2n) is 5.60. The number of benzene rings is 1. The summed E-state index contributed by atoms with van der Waals surface area (Å²) >= 11 is 0. The number of sulfonamides is 1. The van der Waals surface area contributed by atoms with Crippen molar-refractivity contribution in [2.45, 2.75) is 13.0 Å². The van der Waals surface area contributed by atoms with Crippen molar-refractivity contribution in [1.82, 2.24) is 19.6 Å². The highest BCUT2D eigenvalue weighted by molar-refractivity contribution is 7.92. The minimum absolute atomic E-state index is 0.0505. The van der Waals surface area contributed by atoms with E-state index in [1.807, 2.05) is 0 Å². The lowest BCUT2D eigenvalue weighted by Gasteiger charge is -2.16. The zero-order valence-electron chi connectivity index (χ0n) is 13.9. The van der Waals surface area contributed by atoms with Crippen LogP contribution in [0, 0.1) is 12.7 Å². The van der Waals surface area contributed by atoms with Crippen LogP contribution in [-0.4, -0.2) is 40.9 Å². The molecule has 0 saturated heterocycles. The predicted molar refractivity (Wildman–Crippen MR) is 91.9 cm³/mol. The molecule has 3 rings (SSSR count). The van der Waals surface area contributed by atoms with Crippen LogP contribution in [0.3, 0.4) is 0 Å². The number of aromatic amines is 1. The highest BCUT2D eigenvalue weighted by Gasteiger charge is 2.22. The van der Waals surface area contributed by atoms with E-state index in [0.29, 0.717) is 11.3 Å². The van der Waals surface area contributed by atoms with Gasteiger partial charge in [-0.25, -0.2) is 17.8 Å². The van der Waals surface area contributed by atoms with Crippen LogP contribution >= 0.6 is 0 Å². The number of rotatable bonds is 6. The Morgan fingerprint density at radius 3 is 2.65 bits per heavy atom. The number of aryl methyl sites for hydroxylation is 1. The molecule has 2 heterocycles. The smallest absolute Gasteiger partial charge is 0.274 e. The van der Waals surface area contributed by atoms with Crippen LogP contribution in [0.4, 0.5) is 10.3 Å². The molecule has 0 fully saturated rings. The second-order valence-corrected chi connectivity index (χ2v) is 7.37. The van der Waals surface area contributed by atoms with Crippen molar-refractivity contribution in [3.63, 3.8) is 0 Å². The summed E-state index contributed by atoms with van der Waals surface area (Å²) in [6.07, 6.45) is -0.805. The second kappa shape index (κ2) is 6.84. The van der Waals surface area contributed by atoms with Gasteiger partial charge in [0.1, 0.15) is 5.82 Å². The summed E-state index contributed by atoms with van der Waals surface area (Å²) in [5.41, 5.74) is 0.565. The summed E-state index contributed by atoms with van der Waals surface area (Å²) in [6, 6.07) is 6.64. The molecule has 1 aromatic carbocycles. The molecule has 0 bridgehead atoms. The molecule has 11 heteroatoms. The first-order valence-electron chi connectivity index (χ1n) is 7.52. The largest absolute Gasteiger partial charge is 0.376 e. The quantitative estimate of drug-likeness (QED) is 0.657. The van der Waals surface area contributed by atoms with Gasteiger partial charge in [-0.15, -0.1) is 0 Å². The molecule has 0 amide bonds. The van der Waals surface area contributed by atoms with E-state index in [9.17, 15) is 17.6 Å². The van der Waals surface area contributed by atoms with Gasteiger partial charge < -0.3 is 4.74 Å². The van der Waals surface area contributed by atoms with E-state index in [-0.39, 0.29) is 11.7 Å². The van der Waals surface area contributed by atoms with E-state index in [0.717, 1.165) is 4.52 Å². The normalized spacial score (nSPS) is 13.0. The van der Waals surface area contributed by atoms with Gasteiger partial charge in [0.05, 0.1) is 11.9 Å². The fourth-order valence-corrected chi connectivity index (χ4v) is 3.60. The average Bonchev–Trinajstić information content (AvgIpc) is 2.95. The van der Waals surface area contributed by atoms with Gasteiger partial charge in [-0.1, -0.05) is 12.1 Å². The Morgan fingerprint density at radius 1 is 1.31 bits per heavy atom. The summed E-state index contributed by atoms with van der Waals surface area (Å²) in [5.74, 6) is -0.947. The molecule has 0 radical (unpaired) electrons. The number of methoxy groups -OCH3 is 1. The van der Waals surface area contributed by atoms with Gasteiger partial charge in [0.2, 0.25) is 16.0 Å². The Hall–Kier alpha value is -2.79. The Labute approximate surface area is 147 Å². The molecular weight excluding hydrogens is 365 g/mol. The maximum atomic E-state index is 13.0. The number of aromatic nitrogens is 4. The third-order valence-electron chi connectivity index (χ3n) is 3.61. The molecule has 0 saturated carbocycles. The molecule has 3 aromatic rings. The Balaban J connectivity index is 1.83. The van der Waals surface area contributed by atoms with Crippen LogP contribution in [0.1, 0.15) is 17.4 Å². The minimum Gasteiger partial charge on any atom is -0.376 e. The maximum absolute atomic E-state index is 13.0. The van der Waals surface area contributed by atoms with Crippen molar-refractivity contribution in [1.29, 1.82) is 0 Å². The molecule has 2 N–H and O–H groups in total. The molecular formula is C15H16FN5O4S. The van der Waals surface area contributed by atoms with Gasteiger partial charge in [0.25, 0.3) is 11.3 Å². The summed E-state index contributed by atoms with van der Waals surface area (Å²) in [7, 11) is -2.52. The Morgan fingerprint density at radius 2 is 2.00 bits per heavy atom. The van der Waals surface area contributed by atoms with Crippen LogP contribution in [0.15, 0.2) is 35.1 Å². The number of hydrogen-bond acceptors (Lipinski definition) is 6. The molecule has 2 aromatic heterocycles. The SMILES string of the molecule is CO[C@@H](CS(=O)(=O)Nc1nc2nc(C)cc(=O)n2[nH]1)c1ccc(F)cc1. The van der Waals surface area contributed by atoms with Crippen LogP contribution in [-0.2, 0) is 14.8 Å². The number of halogens is 1. The fourth-order valence-electron chi connectivity index (χ4n) is 2.40. The first-order valence-corrected chi connectivity index (χ1v) is 9.18. The van der Waals surface area contributed by atoms with Gasteiger partial charge in [0.15, 0.2) is 0 Å². The van der Waals surface area contributed by atoms with Crippen LogP contribution in [0.5, 0.6) is 0 Å². The van der Waals surface area contributed by atoms with Gasteiger partial charge in [-0.05, 0) is 24.6 Å². The van der Waals surface area contributed by atoms with E-state index in [4.69, 9.17) is 4.74 Å². The van der Waals surface area contributed by atoms with Crippen molar-refractivity contribution >= 4 is 21.7 Å². The highest BCUT2D eigenvalue weighted by atomic mass is 32.2. The number of ether oxygens (including phenoxy) is 1. The lowest BCUT2D eigenvalue weighted by Crippen LogP contribution is -2.23. The lowest BCUT2D eigenvalue weighted by atomic mass is 10.1. The van der Waals surface area contributed by atoms with Crippen LogP contribution in [0.25, 0.3) is 5.78 Å². The molecule has 0 spiro atoms. The summed E-state index contributed by atoms with van der Waals surface area (Å²) in [4.78, 5) is 19.8. The molecule has 0 aliphatic heterocycles. The van der Waals surface area contributed by atoms with Gasteiger partial charge in [-0.2, -0.15) is 9.50 Å². The predicted octanol–water partition coefficient (Wildman–Crippen LogP) is 0.995. The van der Waals surface area contributed by atoms with E-state index < -0.39 is 33.3 Å². The van der Waals surface area contributed by atoms with E-state index >= 15 is 0 Å². The highest BCUT2D eigenvalue weighted by Crippen LogP contribution is 2.20. The van der Waals surface area contributed by atoms with Gasteiger partial charge in [-0.3, -0.25) is 14.6 Å². The van der Waals surface area contributed by atoms with E-state index in [1.165, 1.54) is 37.4 Å². The number of hydrogen-bond donors (Lipinski definition) is 2. The lowest BCUT2D eigenvalue weighted by molar-refractivity contribution is 0.122. The van der Waals surface area contributed by atoms with Crippen molar-refractivity contribution in [3.05, 3.63) is 57.8 Å². The van der Waals surface area contributed by atoms with E-state index in [2.05, 4.69) is 19.8 Å². The number of H-pyrrole nitrogens is 1. The van der Waals surface area contributed by atoms with Crippen molar-refractivity contribution in [2.24, 2.45) is 0 Å². The third kappa shape index (κ3) is 3.89. The average molecular weight is 381 g/mol. The number of fused-ring (bicyclic) bond motifs is 1. The first kappa shape index (κ1) is 18.0. The van der Waals surface area contributed by atoms with Crippen molar-refractivity contribution in [2.75, 3.05) is 17.6 Å². The summed E-state index contributed by atoms with van der Waals surface area (Å²) < 4.78 is 46.3. The topological polar surface area (TPSA) is 118 Å². The maximum Gasteiger partial charge on any atom is 0.274 e. The number of nitrogens with zero attached hydrogens (tertiary/aromatic N) is 3. The van der Waals surface area contributed by atoms with Gasteiger partial charge >= 0.3 is 0 Å². The van der Waals surface area contributed by atoms with Gasteiger partial charge in [0, 0.05) is 18.9 Å². The van der Waals surface area contributed by atoms with E-state index in [1.54, 1.807) is 6.92 Å². The van der Waals surface area contributed by atoms with Crippen LogP contribution in [0.2, 0.25) is 0 Å². The Bertz CT molecular complexity index is 1090. The molecule has 9 nitrogen and oxygen atoms in total. The number of nitrogens with one attached hydrogen (secondary N) is 2. The van der Waals surface area contributed by atoms with Crippen molar-refractivity contribution in [3.8, 4) is 0 Å². The van der Waals surface area contributed by atoms with Crippen LogP contribution < -0.4 is 10.3 Å². The first-order chi connectivity index (χ1) is 12.3. The third-order valence-corrected chi connectivity index (χ3v) is 4.85. The molecule has 0 aliphatic rings. The summed E-state index contributed by atoms with van der Waals surface area (Å²) in [5, 5.41) is 2.54. The fraction of sp³-hybridized carbons (Fsp3) is 0.267. The molecule has 1 atom stereocenters. The molecule has 0 unspecified atom stereocenters. The summed E-state index contributed by atoms with van der Waals surface area (Å²) in [6.45, 7) is 1.63. The monoisotopic (exact) mass is 381 g/mol. The number of anilines is 1. The zero-order chi connectivity index (χ0) is 18.9. The molecule has 26 heavy (non-hydrogen) atoms. The van der Waals surface area contributed by atoms with Crippen molar-refractivity contribution < 1.29 is 17.5 Å². The Kier molecular flexibility index (Phi) is 4.74.